The van der Waals surface area contributed by atoms with Gasteiger partial charge in [0.1, 0.15) is 12.0 Å². The first kappa shape index (κ1) is 19.2. The van der Waals surface area contributed by atoms with Crippen molar-refractivity contribution in [1.29, 1.82) is 0 Å². The lowest BCUT2D eigenvalue weighted by Crippen LogP contribution is -2.42. The maximum atomic E-state index is 13.2. The molecule has 0 fully saturated rings. The molecule has 0 radical (unpaired) electrons. The Hall–Kier alpha value is -3.16. The highest BCUT2D eigenvalue weighted by Crippen LogP contribution is 2.30. The van der Waals surface area contributed by atoms with Crippen LogP contribution in [0.3, 0.4) is 0 Å². The van der Waals surface area contributed by atoms with E-state index >= 15 is 0 Å². The number of halogens is 4. The summed E-state index contributed by atoms with van der Waals surface area (Å²) in [5.74, 6) is 0.221. The number of benzene rings is 2. The number of aromatic nitrogens is 2. The van der Waals surface area contributed by atoms with Crippen LogP contribution in [0.4, 0.5) is 23.2 Å². The standard InChI is InChI=1S/C21H17F4N3O/c22-16-8-6-14(7-9-16)18-12-27(20-5-2-10-28(18)20)13-19(29)26-17-4-1-3-15(11-17)21(23,24)25/h1,3-4,6-9,11-12H,2,5,10,13H2/p+1. The number of carbonyl (C=O) groups is 1. The number of fused-ring (bicyclic) bond motifs is 1. The Balaban J connectivity index is 1.55. The van der Waals surface area contributed by atoms with Crippen LogP contribution in [-0.4, -0.2) is 10.5 Å². The zero-order valence-electron chi connectivity index (χ0n) is 15.3. The quantitative estimate of drug-likeness (QED) is 0.514. The van der Waals surface area contributed by atoms with E-state index < -0.39 is 17.6 Å². The van der Waals surface area contributed by atoms with E-state index in [0.717, 1.165) is 48.6 Å². The second kappa shape index (κ2) is 7.35. The number of nitrogens with zero attached hydrogens (tertiary/aromatic N) is 2. The number of nitrogens with one attached hydrogen (secondary N) is 1. The van der Waals surface area contributed by atoms with Gasteiger partial charge in [0, 0.05) is 11.3 Å². The number of rotatable bonds is 4. The Morgan fingerprint density at radius 3 is 2.62 bits per heavy atom. The van der Waals surface area contributed by atoms with Gasteiger partial charge >= 0.3 is 6.18 Å². The Morgan fingerprint density at radius 1 is 1.14 bits per heavy atom. The summed E-state index contributed by atoms with van der Waals surface area (Å²) in [6.07, 6.45) is -0.923. The van der Waals surface area contributed by atoms with Crippen LogP contribution in [0.5, 0.6) is 0 Å². The molecule has 8 heteroatoms. The number of amides is 1. The molecule has 0 atom stereocenters. The van der Waals surface area contributed by atoms with Crippen molar-refractivity contribution in [3.8, 4) is 11.3 Å². The van der Waals surface area contributed by atoms with Crippen LogP contribution in [0.2, 0.25) is 0 Å². The van der Waals surface area contributed by atoms with Crippen LogP contribution in [0.15, 0.2) is 54.7 Å². The van der Waals surface area contributed by atoms with E-state index in [1.165, 1.54) is 24.3 Å². The molecule has 0 saturated heterocycles. The van der Waals surface area contributed by atoms with Gasteiger partial charge in [-0.3, -0.25) is 4.79 Å². The van der Waals surface area contributed by atoms with Gasteiger partial charge in [0.2, 0.25) is 0 Å². The summed E-state index contributed by atoms with van der Waals surface area (Å²) >= 11 is 0. The zero-order chi connectivity index (χ0) is 20.6. The van der Waals surface area contributed by atoms with Gasteiger partial charge in [-0.25, -0.2) is 13.5 Å². The molecule has 29 heavy (non-hydrogen) atoms. The van der Waals surface area contributed by atoms with Crippen molar-refractivity contribution < 1.29 is 26.9 Å². The van der Waals surface area contributed by atoms with Gasteiger partial charge in [0.25, 0.3) is 11.7 Å². The fourth-order valence-electron chi connectivity index (χ4n) is 3.63. The van der Waals surface area contributed by atoms with Gasteiger partial charge in [-0.1, -0.05) is 6.07 Å². The molecule has 3 aromatic rings. The summed E-state index contributed by atoms with van der Waals surface area (Å²) in [6, 6.07) is 10.7. The van der Waals surface area contributed by atoms with Gasteiger partial charge in [0.05, 0.1) is 18.5 Å². The molecular formula is C21H18F4N3O+. The lowest BCUT2D eigenvalue weighted by molar-refractivity contribution is -0.690. The van der Waals surface area contributed by atoms with Gasteiger partial charge < -0.3 is 5.32 Å². The molecule has 0 unspecified atom stereocenters. The predicted molar refractivity (Wildman–Crippen MR) is 98.4 cm³/mol. The Bertz CT molecular complexity index is 1050. The lowest BCUT2D eigenvalue weighted by Gasteiger charge is -2.09. The molecule has 1 N–H and O–H groups in total. The Morgan fingerprint density at radius 2 is 1.90 bits per heavy atom. The monoisotopic (exact) mass is 404 g/mol. The van der Waals surface area contributed by atoms with E-state index in [-0.39, 0.29) is 18.0 Å². The molecular weight excluding hydrogens is 386 g/mol. The van der Waals surface area contributed by atoms with E-state index in [1.807, 2.05) is 6.20 Å². The summed E-state index contributed by atoms with van der Waals surface area (Å²) in [6.45, 7) is 0.775. The van der Waals surface area contributed by atoms with Gasteiger partial charge in [0.15, 0.2) is 12.2 Å². The molecule has 0 spiro atoms. The van der Waals surface area contributed by atoms with Crippen LogP contribution >= 0.6 is 0 Å². The van der Waals surface area contributed by atoms with E-state index in [0.29, 0.717) is 0 Å². The summed E-state index contributed by atoms with van der Waals surface area (Å²) in [5, 5.41) is 2.53. The molecule has 0 aliphatic carbocycles. The van der Waals surface area contributed by atoms with Gasteiger partial charge in [-0.2, -0.15) is 13.2 Å². The first-order valence-corrected chi connectivity index (χ1v) is 9.16. The van der Waals surface area contributed by atoms with E-state index in [9.17, 15) is 22.4 Å². The van der Waals surface area contributed by atoms with E-state index in [4.69, 9.17) is 0 Å². The number of hydrogen-bond acceptors (Lipinski definition) is 1. The van der Waals surface area contributed by atoms with E-state index in [1.54, 1.807) is 16.7 Å². The largest absolute Gasteiger partial charge is 0.416 e. The number of alkyl halides is 3. The SMILES string of the molecule is O=C(C[n+]1cc(-c2ccc(F)cc2)n2c1CCC2)Nc1cccc(C(F)(F)F)c1. The summed E-state index contributed by atoms with van der Waals surface area (Å²) in [4.78, 5) is 12.5. The maximum absolute atomic E-state index is 13.2. The molecule has 4 rings (SSSR count). The number of hydrogen-bond donors (Lipinski definition) is 1. The molecule has 1 aliphatic rings. The minimum Gasteiger partial charge on any atom is -0.323 e. The van der Waals surface area contributed by atoms with Crippen molar-refractivity contribution in [2.45, 2.75) is 32.1 Å². The summed E-state index contributed by atoms with van der Waals surface area (Å²) in [5.41, 5.74) is 1.00. The molecule has 0 saturated carbocycles. The molecule has 1 amide bonds. The average Bonchev–Trinajstić information content (AvgIpc) is 3.26. The first-order valence-electron chi connectivity index (χ1n) is 9.16. The second-order valence-corrected chi connectivity index (χ2v) is 6.95. The van der Waals surface area contributed by atoms with Crippen LogP contribution in [0.1, 0.15) is 17.8 Å². The Kier molecular flexibility index (Phi) is 4.86. The smallest absolute Gasteiger partial charge is 0.323 e. The van der Waals surface area contributed by atoms with Crippen molar-refractivity contribution in [2.24, 2.45) is 0 Å². The topological polar surface area (TPSA) is 37.9 Å². The van der Waals surface area contributed by atoms with E-state index in [2.05, 4.69) is 9.88 Å². The van der Waals surface area contributed by atoms with Gasteiger partial charge in [-0.05, 0) is 48.9 Å². The third-order valence-electron chi connectivity index (χ3n) is 4.92. The Labute approximate surface area is 164 Å². The molecule has 0 bridgehead atoms. The summed E-state index contributed by atoms with van der Waals surface area (Å²) < 4.78 is 55.7. The molecule has 4 nitrogen and oxygen atoms in total. The predicted octanol–water partition coefficient (Wildman–Crippen LogP) is 4.19. The highest BCUT2D eigenvalue weighted by molar-refractivity contribution is 5.89. The second-order valence-electron chi connectivity index (χ2n) is 6.95. The van der Waals surface area contributed by atoms with Crippen molar-refractivity contribution in [2.75, 3.05) is 5.32 Å². The fourth-order valence-corrected chi connectivity index (χ4v) is 3.63. The molecule has 1 aliphatic heterocycles. The highest BCUT2D eigenvalue weighted by Gasteiger charge is 2.31. The highest BCUT2D eigenvalue weighted by atomic mass is 19.4. The number of anilines is 1. The maximum Gasteiger partial charge on any atom is 0.416 e. The molecule has 2 heterocycles. The van der Waals surface area contributed by atoms with Gasteiger partial charge in [-0.15, -0.1) is 0 Å². The lowest BCUT2D eigenvalue weighted by atomic mass is 10.1. The summed E-state index contributed by atoms with van der Waals surface area (Å²) in [7, 11) is 0. The third kappa shape index (κ3) is 4.01. The molecule has 150 valence electrons. The van der Waals surface area contributed by atoms with Crippen LogP contribution in [-0.2, 0) is 30.5 Å². The van der Waals surface area contributed by atoms with Crippen LogP contribution < -0.4 is 9.88 Å². The van der Waals surface area contributed by atoms with Crippen molar-refractivity contribution in [3.63, 3.8) is 0 Å². The third-order valence-corrected chi connectivity index (χ3v) is 4.92. The first-order chi connectivity index (χ1) is 13.8. The van der Waals surface area contributed by atoms with Crippen molar-refractivity contribution in [1.82, 2.24) is 4.57 Å². The van der Waals surface area contributed by atoms with Crippen LogP contribution in [0.25, 0.3) is 11.3 Å². The van der Waals surface area contributed by atoms with Crippen molar-refractivity contribution in [3.05, 3.63) is 71.9 Å². The number of imidazole rings is 1. The fraction of sp³-hybridized carbons (Fsp3) is 0.238. The molecule has 1 aromatic heterocycles. The normalized spacial score (nSPS) is 13.4. The minimum absolute atomic E-state index is 0.0211. The number of carbonyl (C=O) groups excluding carboxylic acids is 1. The molecule has 2 aromatic carbocycles. The zero-order valence-corrected chi connectivity index (χ0v) is 15.3. The average molecular weight is 404 g/mol. The van der Waals surface area contributed by atoms with Crippen LogP contribution in [0, 0.1) is 5.82 Å². The minimum atomic E-state index is -4.47. The van der Waals surface area contributed by atoms with Crippen molar-refractivity contribution >= 4 is 11.6 Å².